The molecule has 1 N–H and O–H groups in total. The maximum atomic E-state index is 12.7. The molecule has 0 radical (unpaired) electrons. The summed E-state index contributed by atoms with van der Waals surface area (Å²) in [6.45, 7) is 0.135. The molecule has 27 heavy (non-hydrogen) atoms. The molecule has 2 heterocycles. The van der Waals surface area contributed by atoms with Crippen molar-refractivity contribution in [2.24, 2.45) is 0 Å². The first-order valence-corrected chi connectivity index (χ1v) is 8.55. The molecule has 0 fully saturated rings. The number of carbonyl (C=O) groups is 1. The number of nitrogens with zero attached hydrogens (tertiary/aromatic N) is 3. The van der Waals surface area contributed by atoms with Crippen LogP contribution in [0.1, 0.15) is 0 Å². The highest BCUT2D eigenvalue weighted by Crippen LogP contribution is 2.26. The van der Waals surface area contributed by atoms with Gasteiger partial charge in [-0.25, -0.2) is 4.98 Å². The average molecular weight is 358 g/mol. The number of carbonyl (C=O) groups excluding carboxylic acids is 1. The third-order valence-corrected chi connectivity index (χ3v) is 4.28. The van der Waals surface area contributed by atoms with Crippen molar-refractivity contribution in [3.8, 4) is 17.1 Å². The zero-order valence-corrected chi connectivity index (χ0v) is 14.8. The predicted molar refractivity (Wildman–Crippen MR) is 105 cm³/mol. The third-order valence-electron chi connectivity index (χ3n) is 4.28. The molecule has 0 bridgehead atoms. The van der Waals surface area contributed by atoms with Crippen molar-refractivity contribution in [1.29, 1.82) is 0 Å². The number of hydrogen-bond acceptors (Lipinski definition) is 4. The summed E-state index contributed by atoms with van der Waals surface area (Å²) < 4.78 is 7.22. The SMILES string of the molecule is COc1ccccc1NC(=O)Cn1c(-c2ccncc2)nc2ccccc21. The van der Waals surface area contributed by atoms with Crippen LogP contribution in [0.2, 0.25) is 0 Å². The van der Waals surface area contributed by atoms with E-state index in [1.165, 1.54) is 0 Å². The number of aromatic nitrogens is 3. The number of rotatable bonds is 5. The Morgan fingerprint density at radius 1 is 1.04 bits per heavy atom. The monoisotopic (exact) mass is 358 g/mol. The Hall–Kier alpha value is -3.67. The Morgan fingerprint density at radius 2 is 1.78 bits per heavy atom. The van der Waals surface area contributed by atoms with Crippen LogP contribution >= 0.6 is 0 Å². The first-order valence-electron chi connectivity index (χ1n) is 8.55. The number of nitrogens with one attached hydrogen (secondary N) is 1. The minimum Gasteiger partial charge on any atom is -0.495 e. The fourth-order valence-corrected chi connectivity index (χ4v) is 3.04. The molecule has 4 aromatic rings. The second-order valence-electron chi connectivity index (χ2n) is 5.99. The molecule has 0 spiro atoms. The van der Waals surface area contributed by atoms with Gasteiger partial charge in [0.2, 0.25) is 5.91 Å². The van der Waals surface area contributed by atoms with Crippen LogP contribution in [0.5, 0.6) is 5.75 Å². The fraction of sp³-hybridized carbons (Fsp3) is 0.0952. The van der Waals surface area contributed by atoms with Gasteiger partial charge in [-0.15, -0.1) is 0 Å². The maximum absolute atomic E-state index is 12.7. The Labute approximate surface area is 156 Å². The number of imidazole rings is 1. The summed E-state index contributed by atoms with van der Waals surface area (Å²) in [7, 11) is 1.58. The van der Waals surface area contributed by atoms with E-state index in [4.69, 9.17) is 9.72 Å². The van der Waals surface area contributed by atoms with Crippen LogP contribution < -0.4 is 10.1 Å². The van der Waals surface area contributed by atoms with E-state index in [1.54, 1.807) is 19.5 Å². The predicted octanol–water partition coefficient (Wildman–Crippen LogP) is 3.75. The van der Waals surface area contributed by atoms with Gasteiger partial charge in [0, 0.05) is 18.0 Å². The summed E-state index contributed by atoms with van der Waals surface area (Å²) in [4.78, 5) is 21.5. The van der Waals surface area contributed by atoms with Crippen molar-refractivity contribution in [3.63, 3.8) is 0 Å². The van der Waals surface area contributed by atoms with Crippen LogP contribution in [0, 0.1) is 0 Å². The van der Waals surface area contributed by atoms with Crippen LogP contribution in [0.25, 0.3) is 22.4 Å². The van der Waals surface area contributed by atoms with Gasteiger partial charge < -0.3 is 14.6 Å². The highest BCUT2D eigenvalue weighted by molar-refractivity contribution is 5.93. The van der Waals surface area contributed by atoms with E-state index in [-0.39, 0.29) is 12.5 Å². The summed E-state index contributed by atoms with van der Waals surface area (Å²) in [6, 6.07) is 18.9. The van der Waals surface area contributed by atoms with Gasteiger partial charge >= 0.3 is 0 Å². The lowest BCUT2D eigenvalue weighted by Crippen LogP contribution is -2.19. The maximum Gasteiger partial charge on any atom is 0.244 e. The summed E-state index contributed by atoms with van der Waals surface area (Å²) in [5.74, 6) is 1.20. The van der Waals surface area contributed by atoms with Gasteiger partial charge in [0.25, 0.3) is 0 Å². The van der Waals surface area contributed by atoms with E-state index in [2.05, 4.69) is 10.3 Å². The van der Waals surface area contributed by atoms with Crippen molar-refractivity contribution in [2.75, 3.05) is 12.4 Å². The van der Waals surface area contributed by atoms with Gasteiger partial charge in [-0.2, -0.15) is 0 Å². The second kappa shape index (κ2) is 7.29. The molecule has 0 atom stereocenters. The van der Waals surface area contributed by atoms with Gasteiger partial charge in [0.1, 0.15) is 18.1 Å². The molecule has 0 aliphatic rings. The normalized spacial score (nSPS) is 10.7. The van der Waals surface area contributed by atoms with E-state index < -0.39 is 0 Å². The summed E-state index contributed by atoms with van der Waals surface area (Å²) in [5.41, 5.74) is 3.29. The molecular formula is C21H18N4O2. The lowest BCUT2D eigenvalue weighted by atomic mass is 10.2. The van der Waals surface area contributed by atoms with Crippen LogP contribution in [-0.4, -0.2) is 27.6 Å². The number of benzene rings is 2. The van der Waals surface area contributed by atoms with Crippen LogP contribution in [0.4, 0.5) is 5.69 Å². The van der Waals surface area contributed by atoms with E-state index in [9.17, 15) is 4.79 Å². The number of fused-ring (bicyclic) bond motifs is 1. The van der Waals surface area contributed by atoms with Gasteiger partial charge in [0.15, 0.2) is 0 Å². The molecule has 0 aliphatic carbocycles. The van der Waals surface area contributed by atoms with Crippen LogP contribution in [0.15, 0.2) is 73.1 Å². The van der Waals surface area contributed by atoms with Crippen molar-refractivity contribution < 1.29 is 9.53 Å². The van der Waals surface area contributed by atoms with E-state index in [0.29, 0.717) is 11.4 Å². The summed E-state index contributed by atoms with van der Waals surface area (Å²) in [6.07, 6.45) is 3.43. The largest absolute Gasteiger partial charge is 0.495 e. The van der Waals surface area contributed by atoms with Crippen molar-refractivity contribution in [1.82, 2.24) is 14.5 Å². The van der Waals surface area contributed by atoms with E-state index >= 15 is 0 Å². The highest BCUT2D eigenvalue weighted by atomic mass is 16.5. The topological polar surface area (TPSA) is 69.0 Å². The Balaban J connectivity index is 1.70. The molecule has 134 valence electrons. The standard InChI is InChI=1S/C21H18N4O2/c1-27-19-9-5-3-7-17(19)23-20(26)14-25-18-8-4-2-6-16(18)24-21(25)15-10-12-22-13-11-15/h2-13H,14H2,1H3,(H,23,26). The average Bonchev–Trinajstić information content (AvgIpc) is 3.07. The minimum atomic E-state index is -0.155. The van der Waals surface area contributed by atoms with E-state index in [0.717, 1.165) is 22.4 Å². The zero-order valence-electron chi connectivity index (χ0n) is 14.8. The lowest BCUT2D eigenvalue weighted by Gasteiger charge is -2.12. The number of para-hydroxylation sites is 4. The van der Waals surface area contributed by atoms with Crippen LogP contribution in [0.3, 0.4) is 0 Å². The minimum absolute atomic E-state index is 0.135. The van der Waals surface area contributed by atoms with Crippen molar-refractivity contribution >= 4 is 22.6 Å². The molecule has 0 saturated heterocycles. The Morgan fingerprint density at radius 3 is 2.59 bits per heavy atom. The van der Waals surface area contributed by atoms with Gasteiger partial charge in [-0.3, -0.25) is 9.78 Å². The second-order valence-corrected chi connectivity index (χ2v) is 5.99. The zero-order chi connectivity index (χ0) is 18.6. The Kier molecular flexibility index (Phi) is 4.53. The first kappa shape index (κ1) is 16.8. The molecule has 0 aliphatic heterocycles. The molecular weight excluding hydrogens is 340 g/mol. The number of amides is 1. The van der Waals surface area contributed by atoms with Gasteiger partial charge in [-0.05, 0) is 36.4 Å². The fourth-order valence-electron chi connectivity index (χ4n) is 3.04. The quantitative estimate of drug-likeness (QED) is 0.590. The number of methoxy groups -OCH3 is 1. The highest BCUT2D eigenvalue weighted by Gasteiger charge is 2.16. The molecule has 2 aromatic carbocycles. The molecule has 6 heteroatoms. The van der Waals surface area contributed by atoms with E-state index in [1.807, 2.05) is 65.2 Å². The lowest BCUT2D eigenvalue weighted by molar-refractivity contribution is -0.116. The number of pyridine rings is 1. The molecule has 1 amide bonds. The summed E-state index contributed by atoms with van der Waals surface area (Å²) >= 11 is 0. The smallest absolute Gasteiger partial charge is 0.244 e. The molecule has 6 nitrogen and oxygen atoms in total. The van der Waals surface area contributed by atoms with Gasteiger partial charge in [-0.1, -0.05) is 24.3 Å². The molecule has 2 aromatic heterocycles. The van der Waals surface area contributed by atoms with Crippen molar-refractivity contribution in [3.05, 3.63) is 73.1 Å². The number of anilines is 1. The molecule has 0 saturated carbocycles. The first-order chi connectivity index (χ1) is 13.3. The number of ether oxygens (including phenoxy) is 1. The van der Waals surface area contributed by atoms with Crippen molar-refractivity contribution in [2.45, 2.75) is 6.54 Å². The molecule has 0 unspecified atom stereocenters. The number of hydrogen-bond donors (Lipinski definition) is 1. The Bertz CT molecular complexity index is 1090. The third kappa shape index (κ3) is 3.37. The summed E-state index contributed by atoms with van der Waals surface area (Å²) in [5, 5.41) is 2.92. The van der Waals surface area contributed by atoms with Gasteiger partial charge in [0.05, 0.1) is 23.8 Å². The molecule has 4 rings (SSSR count). The van der Waals surface area contributed by atoms with Crippen LogP contribution in [-0.2, 0) is 11.3 Å².